The molecule has 5 nitrogen and oxygen atoms in total. The fraction of sp³-hybridized carbons (Fsp3) is 0.105. The Hall–Kier alpha value is -2.86. The second-order valence-corrected chi connectivity index (χ2v) is 6.10. The minimum Gasteiger partial charge on any atom is -0.497 e. The minimum atomic E-state index is -0.0883. The van der Waals surface area contributed by atoms with Gasteiger partial charge < -0.3 is 10.1 Å². The molecular formula is C19H17N3O2S. The molecule has 0 atom stereocenters. The summed E-state index contributed by atoms with van der Waals surface area (Å²) >= 11 is 1.31. The van der Waals surface area contributed by atoms with E-state index in [4.69, 9.17) is 4.74 Å². The maximum absolute atomic E-state index is 12.0. The Morgan fingerprint density at radius 3 is 2.56 bits per heavy atom. The maximum atomic E-state index is 12.0. The third kappa shape index (κ3) is 4.81. The Morgan fingerprint density at radius 1 is 1.08 bits per heavy atom. The maximum Gasteiger partial charge on any atom is 0.234 e. The van der Waals surface area contributed by atoms with Gasteiger partial charge in [0.2, 0.25) is 5.91 Å². The van der Waals surface area contributed by atoms with Crippen molar-refractivity contribution >= 4 is 23.4 Å². The SMILES string of the molecule is COc1ccc(-c2ccnc(SCC(=O)Nc3ccccc3)n2)cc1. The lowest BCUT2D eigenvalue weighted by atomic mass is 10.1. The van der Waals surface area contributed by atoms with Crippen molar-refractivity contribution in [3.8, 4) is 17.0 Å². The third-order valence-corrected chi connectivity index (χ3v) is 4.27. The Kier molecular flexibility index (Phi) is 5.64. The number of carbonyl (C=O) groups excluding carboxylic acids is 1. The van der Waals surface area contributed by atoms with Crippen molar-refractivity contribution in [3.63, 3.8) is 0 Å². The molecular weight excluding hydrogens is 334 g/mol. The van der Waals surface area contributed by atoms with Crippen molar-refractivity contribution in [3.05, 3.63) is 66.9 Å². The van der Waals surface area contributed by atoms with Crippen molar-refractivity contribution in [1.82, 2.24) is 9.97 Å². The zero-order valence-electron chi connectivity index (χ0n) is 13.7. The van der Waals surface area contributed by atoms with E-state index in [0.29, 0.717) is 5.16 Å². The zero-order chi connectivity index (χ0) is 17.5. The first-order valence-corrected chi connectivity index (χ1v) is 8.68. The average molecular weight is 351 g/mol. The van der Waals surface area contributed by atoms with Crippen molar-refractivity contribution in [2.45, 2.75) is 5.16 Å². The number of nitrogens with zero attached hydrogens (tertiary/aromatic N) is 2. The highest BCUT2D eigenvalue weighted by atomic mass is 32.2. The summed E-state index contributed by atoms with van der Waals surface area (Å²) in [7, 11) is 1.63. The molecule has 0 radical (unpaired) electrons. The van der Waals surface area contributed by atoms with Gasteiger partial charge in [-0.2, -0.15) is 0 Å². The summed E-state index contributed by atoms with van der Waals surface area (Å²) in [4.78, 5) is 20.7. The molecule has 0 fully saturated rings. The van der Waals surface area contributed by atoms with Crippen LogP contribution in [0.1, 0.15) is 0 Å². The van der Waals surface area contributed by atoms with E-state index in [1.165, 1.54) is 11.8 Å². The summed E-state index contributed by atoms with van der Waals surface area (Å²) in [6, 6.07) is 18.9. The average Bonchev–Trinajstić information content (AvgIpc) is 2.67. The smallest absolute Gasteiger partial charge is 0.234 e. The number of methoxy groups -OCH3 is 1. The van der Waals surface area contributed by atoms with Crippen LogP contribution in [0, 0.1) is 0 Å². The lowest BCUT2D eigenvalue weighted by Gasteiger charge is -2.06. The number of aromatic nitrogens is 2. The molecule has 0 bridgehead atoms. The van der Waals surface area contributed by atoms with Gasteiger partial charge in [0.1, 0.15) is 5.75 Å². The summed E-state index contributed by atoms with van der Waals surface area (Å²) in [5.41, 5.74) is 2.56. The standard InChI is InChI=1S/C19H17N3O2S/c1-24-16-9-7-14(8-10-16)17-11-12-20-19(22-17)25-13-18(23)21-15-5-3-2-4-6-15/h2-12H,13H2,1H3,(H,21,23). The lowest BCUT2D eigenvalue weighted by molar-refractivity contribution is -0.113. The second-order valence-electron chi connectivity index (χ2n) is 5.16. The first-order valence-electron chi connectivity index (χ1n) is 7.70. The topological polar surface area (TPSA) is 64.1 Å². The van der Waals surface area contributed by atoms with Crippen LogP contribution in [0.3, 0.4) is 0 Å². The van der Waals surface area contributed by atoms with Gasteiger partial charge in [0.25, 0.3) is 0 Å². The Labute approximate surface area is 150 Å². The van der Waals surface area contributed by atoms with E-state index < -0.39 is 0 Å². The largest absolute Gasteiger partial charge is 0.497 e. The van der Waals surface area contributed by atoms with E-state index in [9.17, 15) is 4.79 Å². The van der Waals surface area contributed by atoms with Crippen LogP contribution in [-0.2, 0) is 4.79 Å². The Balaban J connectivity index is 1.62. The van der Waals surface area contributed by atoms with Gasteiger partial charge in [-0.1, -0.05) is 30.0 Å². The van der Waals surface area contributed by atoms with Crippen LogP contribution < -0.4 is 10.1 Å². The highest BCUT2D eigenvalue weighted by Crippen LogP contribution is 2.22. The van der Waals surface area contributed by atoms with Crippen molar-refractivity contribution in [2.75, 3.05) is 18.2 Å². The van der Waals surface area contributed by atoms with Crippen molar-refractivity contribution < 1.29 is 9.53 Å². The molecule has 25 heavy (non-hydrogen) atoms. The van der Waals surface area contributed by atoms with E-state index in [0.717, 1.165) is 22.7 Å². The van der Waals surface area contributed by atoms with Crippen LogP contribution in [0.25, 0.3) is 11.3 Å². The van der Waals surface area contributed by atoms with Crippen LogP contribution in [0.5, 0.6) is 5.75 Å². The number of benzene rings is 2. The predicted octanol–water partition coefficient (Wildman–Crippen LogP) is 3.88. The molecule has 0 aliphatic rings. The number of anilines is 1. The number of para-hydroxylation sites is 1. The second kappa shape index (κ2) is 8.30. The summed E-state index contributed by atoms with van der Waals surface area (Å²) in [6.45, 7) is 0. The van der Waals surface area contributed by atoms with Gasteiger partial charge in [-0.15, -0.1) is 0 Å². The molecule has 0 saturated heterocycles. The van der Waals surface area contributed by atoms with E-state index >= 15 is 0 Å². The summed E-state index contributed by atoms with van der Waals surface area (Å²) in [5, 5.41) is 3.41. The van der Waals surface area contributed by atoms with E-state index in [2.05, 4.69) is 15.3 Å². The molecule has 0 saturated carbocycles. The fourth-order valence-corrected chi connectivity index (χ4v) is 2.81. The normalized spacial score (nSPS) is 10.3. The van der Waals surface area contributed by atoms with Crippen LogP contribution in [0.2, 0.25) is 0 Å². The van der Waals surface area contributed by atoms with E-state index in [1.54, 1.807) is 13.3 Å². The van der Waals surface area contributed by atoms with Crippen LogP contribution in [-0.4, -0.2) is 28.7 Å². The van der Waals surface area contributed by atoms with E-state index in [1.807, 2.05) is 60.7 Å². The number of amides is 1. The van der Waals surface area contributed by atoms with Gasteiger partial charge in [-0.3, -0.25) is 4.79 Å². The summed E-state index contributed by atoms with van der Waals surface area (Å²) in [6.07, 6.45) is 1.70. The Morgan fingerprint density at radius 2 is 1.84 bits per heavy atom. The summed E-state index contributed by atoms with van der Waals surface area (Å²) < 4.78 is 5.16. The molecule has 2 aromatic carbocycles. The molecule has 1 amide bonds. The molecule has 126 valence electrons. The number of ether oxygens (including phenoxy) is 1. The van der Waals surface area contributed by atoms with Crippen LogP contribution >= 0.6 is 11.8 Å². The Bertz CT molecular complexity index is 839. The number of hydrogen-bond donors (Lipinski definition) is 1. The van der Waals surface area contributed by atoms with Crippen LogP contribution in [0.4, 0.5) is 5.69 Å². The third-order valence-electron chi connectivity index (χ3n) is 3.41. The molecule has 1 aromatic heterocycles. The van der Waals surface area contributed by atoms with Crippen molar-refractivity contribution in [2.24, 2.45) is 0 Å². The van der Waals surface area contributed by atoms with Crippen LogP contribution in [0.15, 0.2) is 72.0 Å². The number of rotatable bonds is 6. The van der Waals surface area contributed by atoms with Gasteiger partial charge in [0, 0.05) is 17.4 Å². The predicted molar refractivity (Wildman–Crippen MR) is 99.8 cm³/mol. The molecule has 3 aromatic rings. The van der Waals surface area contributed by atoms with Gasteiger partial charge in [0.15, 0.2) is 5.16 Å². The molecule has 0 aliphatic carbocycles. The van der Waals surface area contributed by atoms with Gasteiger partial charge in [-0.25, -0.2) is 9.97 Å². The molecule has 0 aliphatic heterocycles. The first-order chi connectivity index (χ1) is 12.2. The van der Waals surface area contributed by atoms with Gasteiger partial charge >= 0.3 is 0 Å². The number of nitrogens with one attached hydrogen (secondary N) is 1. The van der Waals surface area contributed by atoms with Gasteiger partial charge in [0.05, 0.1) is 18.6 Å². The monoisotopic (exact) mass is 351 g/mol. The zero-order valence-corrected chi connectivity index (χ0v) is 14.5. The molecule has 1 heterocycles. The highest BCUT2D eigenvalue weighted by Gasteiger charge is 2.07. The number of carbonyl (C=O) groups is 1. The van der Waals surface area contributed by atoms with Gasteiger partial charge in [-0.05, 0) is 42.5 Å². The van der Waals surface area contributed by atoms with E-state index in [-0.39, 0.29) is 11.7 Å². The summed E-state index contributed by atoms with van der Waals surface area (Å²) in [5.74, 6) is 0.959. The fourth-order valence-electron chi connectivity index (χ4n) is 2.18. The number of thioether (sulfide) groups is 1. The molecule has 3 rings (SSSR count). The minimum absolute atomic E-state index is 0.0883. The lowest BCUT2D eigenvalue weighted by Crippen LogP contribution is -2.14. The quantitative estimate of drug-likeness (QED) is 0.539. The van der Waals surface area contributed by atoms with Crippen molar-refractivity contribution in [1.29, 1.82) is 0 Å². The number of hydrogen-bond acceptors (Lipinski definition) is 5. The first kappa shape index (κ1) is 17.0. The molecule has 0 unspecified atom stereocenters. The molecule has 1 N–H and O–H groups in total. The molecule has 6 heteroatoms. The molecule has 0 spiro atoms. The highest BCUT2D eigenvalue weighted by molar-refractivity contribution is 7.99.